The second-order valence-corrected chi connectivity index (χ2v) is 3.10. The molecular weight excluding hydrogens is 164 g/mol. The van der Waals surface area contributed by atoms with Crippen LogP contribution >= 0.6 is 0 Å². The SMILES string of the molecule is Cc1cc(C2=CNC2=O)ccc1N. The smallest absolute Gasteiger partial charge is 0.257 e. The molecule has 0 unspecified atom stereocenters. The Bertz CT molecular complexity index is 407. The van der Waals surface area contributed by atoms with Crippen molar-refractivity contribution in [1.29, 1.82) is 0 Å². The van der Waals surface area contributed by atoms with Gasteiger partial charge in [0, 0.05) is 11.9 Å². The van der Waals surface area contributed by atoms with Gasteiger partial charge in [-0.25, -0.2) is 0 Å². The average molecular weight is 174 g/mol. The molecule has 3 N–H and O–H groups in total. The van der Waals surface area contributed by atoms with Crippen LogP contribution in [0.5, 0.6) is 0 Å². The third kappa shape index (κ3) is 1.18. The third-order valence-electron chi connectivity index (χ3n) is 2.17. The fraction of sp³-hybridized carbons (Fsp3) is 0.100. The second kappa shape index (κ2) is 2.62. The number of nitrogen functional groups attached to an aromatic ring is 1. The summed E-state index contributed by atoms with van der Waals surface area (Å²) in [5.41, 5.74) is 9.07. The summed E-state index contributed by atoms with van der Waals surface area (Å²) in [4.78, 5) is 11.0. The van der Waals surface area contributed by atoms with Gasteiger partial charge in [-0.05, 0) is 30.2 Å². The Kier molecular flexibility index (Phi) is 1.59. The molecule has 0 atom stereocenters. The normalized spacial score (nSPS) is 14.5. The van der Waals surface area contributed by atoms with Gasteiger partial charge in [0.2, 0.25) is 0 Å². The first-order valence-corrected chi connectivity index (χ1v) is 4.06. The Hall–Kier alpha value is -1.77. The van der Waals surface area contributed by atoms with Gasteiger partial charge in [0.05, 0.1) is 5.57 Å². The molecule has 3 heteroatoms. The van der Waals surface area contributed by atoms with Crippen molar-refractivity contribution in [1.82, 2.24) is 5.32 Å². The quantitative estimate of drug-likeness (QED) is 0.625. The van der Waals surface area contributed by atoms with Crippen molar-refractivity contribution in [3.8, 4) is 0 Å². The van der Waals surface area contributed by atoms with Gasteiger partial charge >= 0.3 is 0 Å². The minimum Gasteiger partial charge on any atom is -0.399 e. The van der Waals surface area contributed by atoms with Crippen molar-refractivity contribution in [2.45, 2.75) is 6.92 Å². The number of benzene rings is 1. The summed E-state index contributed by atoms with van der Waals surface area (Å²) >= 11 is 0. The van der Waals surface area contributed by atoms with E-state index in [0.29, 0.717) is 0 Å². The highest BCUT2D eigenvalue weighted by Crippen LogP contribution is 2.22. The minimum atomic E-state index is -0.0239. The first kappa shape index (κ1) is 7.86. The van der Waals surface area contributed by atoms with Crippen molar-refractivity contribution in [2.24, 2.45) is 0 Å². The number of nitrogens with one attached hydrogen (secondary N) is 1. The van der Waals surface area contributed by atoms with Crippen LogP contribution in [0.25, 0.3) is 5.57 Å². The van der Waals surface area contributed by atoms with Crippen LogP contribution in [0.15, 0.2) is 24.4 Å². The monoisotopic (exact) mass is 174 g/mol. The largest absolute Gasteiger partial charge is 0.399 e. The molecule has 1 aromatic carbocycles. The molecule has 13 heavy (non-hydrogen) atoms. The third-order valence-corrected chi connectivity index (χ3v) is 2.17. The van der Waals surface area contributed by atoms with Gasteiger partial charge in [-0.15, -0.1) is 0 Å². The number of carbonyl (C=O) groups excluding carboxylic acids is 1. The number of anilines is 1. The number of hydrogen-bond donors (Lipinski definition) is 2. The van der Waals surface area contributed by atoms with Crippen molar-refractivity contribution < 1.29 is 4.79 Å². The van der Waals surface area contributed by atoms with E-state index in [1.165, 1.54) is 0 Å². The summed E-state index contributed by atoms with van der Waals surface area (Å²) in [5.74, 6) is -0.0239. The van der Waals surface area contributed by atoms with Gasteiger partial charge in [-0.1, -0.05) is 6.07 Å². The molecule has 0 saturated carbocycles. The molecule has 1 aliphatic rings. The zero-order valence-corrected chi connectivity index (χ0v) is 7.29. The van der Waals surface area contributed by atoms with Crippen molar-refractivity contribution in [3.63, 3.8) is 0 Å². The molecule has 2 rings (SSSR count). The number of nitrogens with two attached hydrogens (primary N) is 1. The van der Waals surface area contributed by atoms with Gasteiger partial charge < -0.3 is 11.1 Å². The molecule has 0 aliphatic carbocycles. The van der Waals surface area contributed by atoms with Crippen molar-refractivity contribution in [2.75, 3.05) is 5.73 Å². The summed E-state index contributed by atoms with van der Waals surface area (Å²) in [5, 5.41) is 2.56. The minimum absolute atomic E-state index is 0.0239. The summed E-state index contributed by atoms with van der Waals surface area (Å²) < 4.78 is 0. The Morgan fingerprint density at radius 2 is 2.15 bits per heavy atom. The van der Waals surface area contributed by atoms with Crippen LogP contribution in [0.4, 0.5) is 5.69 Å². The number of amides is 1. The molecule has 0 saturated heterocycles. The Labute approximate surface area is 76.2 Å². The van der Waals surface area contributed by atoms with Crippen LogP contribution in [-0.4, -0.2) is 5.91 Å². The zero-order valence-electron chi connectivity index (χ0n) is 7.29. The lowest BCUT2D eigenvalue weighted by Crippen LogP contribution is -2.28. The highest BCUT2D eigenvalue weighted by molar-refractivity contribution is 6.25. The molecule has 1 heterocycles. The van der Waals surface area contributed by atoms with Gasteiger partial charge in [-0.3, -0.25) is 4.79 Å². The fourth-order valence-corrected chi connectivity index (χ4v) is 1.26. The number of rotatable bonds is 1. The average Bonchev–Trinajstić information content (AvgIpc) is 2.09. The van der Waals surface area contributed by atoms with Crippen LogP contribution in [0, 0.1) is 6.92 Å². The van der Waals surface area contributed by atoms with Crippen LogP contribution in [0.2, 0.25) is 0 Å². The summed E-state index contributed by atoms with van der Waals surface area (Å²) in [6.07, 6.45) is 1.70. The van der Waals surface area contributed by atoms with Gasteiger partial charge in [0.1, 0.15) is 0 Å². The first-order valence-electron chi connectivity index (χ1n) is 4.06. The molecule has 0 radical (unpaired) electrons. The molecule has 1 aliphatic heterocycles. The lowest BCUT2D eigenvalue weighted by molar-refractivity contribution is -0.116. The van der Waals surface area contributed by atoms with E-state index in [1.54, 1.807) is 6.20 Å². The van der Waals surface area contributed by atoms with Gasteiger partial charge in [0.25, 0.3) is 5.91 Å². The molecule has 1 amide bonds. The lowest BCUT2D eigenvalue weighted by atomic mass is 10.00. The number of hydrogen-bond acceptors (Lipinski definition) is 2. The van der Waals surface area contributed by atoms with Crippen LogP contribution in [-0.2, 0) is 4.79 Å². The molecule has 0 fully saturated rings. The standard InChI is InChI=1S/C10H10N2O/c1-6-4-7(2-3-9(6)11)8-5-12-10(8)13/h2-5H,11H2,1H3,(H,12,13). The van der Waals surface area contributed by atoms with E-state index < -0.39 is 0 Å². The number of aryl methyl sites for hydroxylation is 1. The first-order chi connectivity index (χ1) is 6.18. The molecule has 0 spiro atoms. The Morgan fingerprint density at radius 1 is 1.38 bits per heavy atom. The van der Waals surface area contributed by atoms with E-state index in [1.807, 2.05) is 25.1 Å². The van der Waals surface area contributed by atoms with E-state index >= 15 is 0 Å². The predicted molar refractivity (Wildman–Crippen MR) is 51.7 cm³/mol. The van der Waals surface area contributed by atoms with Crippen LogP contribution in [0.1, 0.15) is 11.1 Å². The molecule has 0 aromatic heterocycles. The maximum Gasteiger partial charge on any atom is 0.257 e. The molecule has 1 aromatic rings. The van der Waals surface area contributed by atoms with E-state index in [0.717, 1.165) is 22.4 Å². The van der Waals surface area contributed by atoms with Crippen molar-refractivity contribution in [3.05, 3.63) is 35.5 Å². The van der Waals surface area contributed by atoms with E-state index in [-0.39, 0.29) is 5.91 Å². The maximum atomic E-state index is 11.0. The van der Waals surface area contributed by atoms with E-state index in [2.05, 4.69) is 5.32 Å². The van der Waals surface area contributed by atoms with Crippen LogP contribution < -0.4 is 11.1 Å². The van der Waals surface area contributed by atoms with Gasteiger partial charge in [0.15, 0.2) is 0 Å². The van der Waals surface area contributed by atoms with E-state index in [4.69, 9.17) is 5.73 Å². The summed E-state index contributed by atoms with van der Waals surface area (Å²) in [7, 11) is 0. The Morgan fingerprint density at radius 3 is 2.62 bits per heavy atom. The van der Waals surface area contributed by atoms with E-state index in [9.17, 15) is 4.79 Å². The summed E-state index contributed by atoms with van der Waals surface area (Å²) in [6.45, 7) is 1.93. The fourth-order valence-electron chi connectivity index (χ4n) is 1.26. The molecule has 3 nitrogen and oxygen atoms in total. The van der Waals surface area contributed by atoms with Crippen LogP contribution in [0.3, 0.4) is 0 Å². The molecule has 0 bridgehead atoms. The second-order valence-electron chi connectivity index (χ2n) is 3.10. The van der Waals surface area contributed by atoms with Gasteiger partial charge in [-0.2, -0.15) is 0 Å². The number of carbonyl (C=O) groups is 1. The Balaban J connectivity index is 2.43. The predicted octanol–water partition coefficient (Wildman–Crippen LogP) is 1.05. The maximum absolute atomic E-state index is 11.0. The lowest BCUT2D eigenvalue weighted by Gasteiger charge is -2.15. The zero-order chi connectivity index (χ0) is 9.42. The molecular formula is C10H10N2O. The summed E-state index contributed by atoms with van der Waals surface area (Å²) in [6, 6.07) is 5.59. The molecule has 66 valence electrons. The van der Waals surface area contributed by atoms with Crippen molar-refractivity contribution >= 4 is 17.2 Å². The topological polar surface area (TPSA) is 55.1 Å². The highest BCUT2D eigenvalue weighted by Gasteiger charge is 2.18. The highest BCUT2D eigenvalue weighted by atomic mass is 16.2.